The second-order valence-electron chi connectivity index (χ2n) is 8.21. The first-order chi connectivity index (χ1) is 11.2. The molecule has 0 aromatic heterocycles. The minimum absolute atomic E-state index is 0.0380. The molecule has 2 fully saturated rings. The molecule has 2 N–H and O–H groups in total. The molecule has 0 radical (unpaired) electrons. The van der Waals surface area contributed by atoms with E-state index < -0.39 is 0 Å². The first kappa shape index (κ1) is 18.9. The van der Waals surface area contributed by atoms with E-state index >= 15 is 0 Å². The Morgan fingerprint density at radius 3 is 2.21 bits per heavy atom. The van der Waals surface area contributed by atoms with Crippen LogP contribution in [0.4, 0.5) is 0 Å². The van der Waals surface area contributed by atoms with Gasteiger partial charge in [0, 0.05) is 36.8 Å². The van der Waals surface area contributed by atoms with Gasteiger partial charge in [-0.15, -0.1) is 0 Å². The fourth-order valence-electron chi connectivity index (χ4n) is 4.28. The van der Waals surface area contributed by atoms with Crippen LogP contribution in [-0.4, -0.2) is 35.6 Å². The van der Waals surface area contributed by atoms with Crippen molar-refractivity contribution in [1.82, 2.24) is 4.90 Å². The Morgan fingerprint density at radius 2 is 1.62 bits per heavy atom. The number of Topliss-reactive ketones (excluding diaryl/α,β-unsaturated/α-hetero) is 1. The highest BCUT2D eigenvalue weighted by atomic mass is 16.2. The van der Waals surface area contributed by atoms with Crippen molar-refractivity contribution in [2.45, 2.75) is 53.4 Å². The van der Waals surface area contributed by atoms with Crippen LogP contribution >= 0.6 is 0 Å². The predicted octanol–water partition coefficient (Wildman–Crippen LogP) is 2.23. The normalized spacial score (nSPS) is 34.2. The van der Waals surface area contributed by atoms with Crippen LogP contribution in [0.2, 0.25) is 0 Å². The van der Waals surface area contributed by atoms with E-state index in [-0.39, 0.29) is 47.2 Å². The summed E-state index contributed by atoms with van der Waals surface area (Å²) < 4.78 is 0. The standard InChI is InChI=1S/C19H32N2O3/c1-11(2)19(24)21-8-7-13(4)16(10-21)17(22)14-6-5-12(3)15(9-14)18(20)23/h11-16H,5-10H2,1-4H3,(H2,20,23)/t12-,13-,14?,15-,16?/m0/s1. The SMILES string of the molecule is CC(C)C(=O)N1CC[C@H](C)C(C(=O)C2CC[C@H](C)[C@@H](C(N)=O)C2)C1. The van der Waals surface area contributed by atoms with Gasteiger partial charge in [-0.05, 0) is 37.5 Å². The maximum atomic E-state index is 13.1. The molecule has 1 heterocycles. The van der Waals surface area contributed by atoms with E-state index in [1.165, 1.54) is 0 Å². The first-order valence-electron chi connectivity index (χ1n) is 9.34. The fraction of sp³-hybridized carbons (Fsp3) is 0.842. The number of hydrogen-bond acceptors (Lipinski definition) is 3. The van der Waals surface area contributed by atoms with Crippen LogP contribution in [-0.2, 0) is 14.4 Å². The van der Waals surface area contributed by atoms with Crippen molar-refractivity contribution < 1.29 is 14.4 Å². The second-order valence-corrected chi connectivity index (χ2v) is 8.21. The van der Waals surface area contributed by atoms with E-state index in [9.17, 15) is 14.4 Å². The van der Waals surface area contributed by atoms with Crippen molar-refractivity contribution in [3.8, 4) is 0 Å². The monoisotopic (exact) mass is 336 g/mol. The molecule has 24 heavy (non-hydrogen) atoms. The lowest BCUT2D eigenvalue weighted by Gasteiger charge is -2.40. The number of carbonyl (C=O) groups is 3. The van der Waals surface area contributed by atoms with E-state index in [4.69, 9.17) is 5.73 Å². The number of hydrogen-bond donors (Lipinski definition) is 1. The summed E-state index contributed by atoms with van der Waals surface area (Å²) in [5.74, 6) is 0.217. The van der Waals surface area contributed by atoms with Gasteiger partial charge in [-0.2, -0.15) is 0 Å². The molecule has 5 nitrogen and oxygen atoms in total. The van der Waals surface area contributed by atoms with Gasteiger partial charge in [0.1, 0.15) is 5.78 Å². The van der Waals surface area contributed by atoms with Crippen LogP contribution in [0.25, 0.3) is 0 Å². The lowest BCUT2D eigenvalue weighted by atomic mass is 9.69. The third-order valence-electron chi connectivity index (χ3n) is 6.09. The Kier molecular flexibility index (Phi) is 6.05. The van der Waals surface area contributed by atoms with E-state index in [1.807, 2.05) is 25.7 Å². The minimum Gasteiger partial charge on any atom is -0.369 e. The van der Waals surface area contributed by atoms with Crippen LogP contribution in [0.1, 0.15) is 53.4 Å². The van der Waals surface area contributed by atoms with Gasteiger partial charge in [-0.3, -0.25) is 14.4 Å². The highest BCUT2D eigenvalue weighted by molar-refractivity contribution is 5.86. The first-order valence-corrected chi connectivity index (χ1v) is 9.34. The van der Waals surface area contributed by atoms with Gasteiger partial charge in [0.2, 0.25) is 11.8 Å². The Labute approximate surface area is 145 Å². The zero-order valence-corrected chi connectivity index (χ0v) is 15.5. The Bertz CT molecular complexity index is 503. The van der Waals surface area contributed by atoms with Crippen molar-refractivity contribution in [2.24, 2.45) is 41.2 Å². The van der Waals surface area contributed by atoms with Crippen LogP contribution in [0.15, 0.2) is 0 Å². The van der Waals surface area contributed by atoms with E-state index in [0.717, 1.165) is 25.8 Å². The number of nitrogens with zero attached hydrogens (tertiary/aromatic N) is 1. The fourth-order valence-corrected chi connectivity index (χ4v) is 4.28. The zero-order chi connectivity index (χ0) is 18.0. The number of piperidine rings is 1. The molecule has 0 aromatic rings. The van der Waals surface area contributed by atoms with Crippen molar-refractivity contribution in [3.05, 3.63) is 0 Å². The lowest BCUT2D eigenvalue weighted by Crippen LogP contribution is -2.49. The lowest BCUT2D eigenvalue weighted by molar-refractivity contribution is -0.141. The second kappa shape index (κ2) is 7.66. The third-order valence-corrected chi connectivity index (χ3v) is 6.09. The van der Waals surface area contributed by atoms with Crippen molar-refractivity contribution in [1.29, 1.82) is 0 Å². The molecule has 0 bridgehead atoms. The van der Waals surface area contributed by atoms with Crippen molar-refractivity contribution >= 4 is 17.6 Å². The average Bonchev–Trinajstić information content (AvgIpc) is 2.54. The molecule has 0 spiro atoms. The van der Waals surface area contributed by atoms with Gasteiger partial charge in [0.15, 0.2) is 0 Å². The summed E-state index contributed by atoms with van der Waals surface area (Å²) in [6.07, 6.45) is 3.17. The third kappa shape index (κ3) is 3.98. The highest BCUT2D eigenvalue weighted by Crippen LogP contribution is 2.37. The molecule has 0 aromatic carbocycles. The van der Waals surface area contributed by atoms with Gasteiger partial charge in [0.05, 0.1) is 0 Å². The minimum atomic E-state index is -0.284. The molecule has 1 aliphatic heterocycles. The molecule has 2 rings (SSSR count). The zero-order valence-electron chi connectivity index (χ0n) is 15.5. The number of primary amides is 1. The highest BCUT2D eigenvalue weighted by Gasteiger charge is 2.40. The van der Waals surface area contributed by atoms with Crippen LogP contribution in [0.5, 0.6) is 0 Å². The summed E-state index contributed by atoms with van der Waals surface area (Å²) in [5.41, 5.74) is 5.52. The number of nitrogens with two attached hydrogens (primary N) is 1. The Hall–Kier alpha value is -1.39. The molecule has 1 aliphatic carbocycles. The summed E-state index contributed by atoms with van der Waals surface area (Å²) in [7, 11) is 0. The number of carbonyl (C=O) groups excluding carboxylic acids is 3. The number of likely N-dealkylation sites (tertiary alicyclic amines) is 1. The molecule has 136 valence electrons. The summed E-state index contributed by atoms with van der Waals surface area (Å²) in [4.78, 5) is 38.9. The van der Waals surface area contributed by atoms with Crippen molar-refractivity contribution in [3.63, 3.8) is 0 Å². The predicted molar refractivity (Wildman–Crippen MR) is 92.9 cm³/mol. The largest absolute Gasteiger partial charge is 0.369 e. The topological polar surface area (TPSA) is 80.5 Å². The van der Waals surface area contributed by atoms with Gasteiger partial charge in [-0.1, -0.05) is 27.7 Å². The molecule has 5 atom stereocenters. The van der Waals surface area contributed by atoms with Gasteiger partial charge in [-0.25, -0.2) is 0 Å². The van der Waals surface area contributed by atoms with E-state index in [0.29, 0.717) is 18.9 Å². The number of rotatable bonds is 4. The maximum absolute atomic E-state index is 13.1. The van der Waals surface area contributed by atoms with Gasteiger partial charge >= 0.3 is 0 Å². The number of amides is 2. The molecular weight excluding hydrogens is 304 g/mol. The molecule has 2 aliphatic rings. The quantitative estimate of drug-likeness (QED) is 0.855. The average molecular weight is 336 g/mol. The molecule has 1 saturated heterocycles. The number of ketones is 1. The van der Waals surface area contributed by atoms with Crippen LogP contribution in [0.3, 0.4) is 0 Å². The maximum Gasteiger partial charge on any atom is 0.225 e. The Morgan fingerprint density at radius 1 is 1.00 bits per heavy atom. The smallest absolute Gasteiger partial charge is 0.225 e. The summed E-state index contributed by atoms with van der Waals surface area (Å²) in [6, 6.07) is 0. The molecular formula is C19H32N2O3. The molecule has 5 heteroatoms. The Balaban J connectivity index is 2.06. The summed E-state index contributed by atoms with van der Waals surface area (Å²) >= 11 is 0. The van der Waals surface area contributed by atoms with Crippen LogP contribution < -0.4 is 5.73 Å². The van der Waals surface area contributed by atoms with Gasteiger partial charge < -0.3 is 10.6 Å². The van der Waals surface area contributed by atoms with Crippen LogP contribution in [0, 0.1) is 35.5 Å². The molecule has 1 saturated carbocycles. The van der Waals surface area contributed by atoms with Crippen molar-refractivity contribution in [2.75, 3.05) is 13.1 Å². The molecule has 2 amide bonds. The molecule has 2 unspecified atom stereocenters. The summed E-state index contributed by atoms with van der Waals surface area (Å²) in [6.45, 7) is 9.23. The van der Waals surface area contributed by atoms with E-state index in [1.54, 1.807) is 0 Å². The summed E-state index contributed by atoms with van der Waals surface area (Å²) in [5, 5.41) is 0. The van der Waals surface area contributed by atoms with Gasteiger partial charge in [0.25, 0.3) is 0 Å². The van der Waals surface area contributed by atoms with E-state index in [2.05, 4.69) is 6.92 Å².